The Hall–Kier alpha value is -3.60. The Morgan fingerprint density at radius 3 is 2.46 bits per heavy atom. The molecule has 0 fully saturated rings. The van der Waals surface area contributed by atoms with Crippen molar-refractivity contribution in [3.05, 3.63) is 108 Å². The van der Waals surface area contributed by atoms with Crippen LogP contribution in [0.25, 0.3) is 39.3 Å². The minimum atomic E-state index is -2.48. The normalized spacial score (nSPS) is 16.7. The number of benzene rings is 2. The van der Waals surface area contributed by atoms with Crippen LogP contribution in [-0.2, 0) is 26.5 Å². The average molecular weight is 704 g/mol. The number of oxazole rings is 1. The molecule has 4 aromatic heterocycles. The van der Waals surface area contributed by atoms with Gasteiger partial charge in [0.15, 0.2) is 0 Å². The smallest absolute Gasteiger partial charge is 0.213 e. The van der Waals surface area contributed by atoms with Crippen LogP contribution in [0.3, 0.4) is 0 Å². The number of aryl methyl sites for hydroxylation is 3. The van der Waals surface area contributed by atoms with Crippen molar-refractivity contribution in [1.82, 2.24) is 19.4 Å². The van der Waals surface area contributed by atoms with Crippen molar-refractivity contribution >= 4 is 16.8 Å². The van der Waals surface area contributed by atoms with E-state index in [-0.39, 0.29) is 42.4 Å². The number of hydrogen-bond donors (Lipinski definition) is 0. The molecule has 0 aliphatic carbocycles. The third kappa shape index (κ3) is 6.52. The summed E-state index contributed by atoms with van der Waals surface area (Å²) in [6.45, 7) is -1.60. The summed E-state index contributed by atoms with van der Waals surface area (Å²) >= 11 is 0. The topological polar surface area (TPSA) is 56.2 Å². The zero-order chi connectivity index (χ0) is 36.2. The van der Waals surface area contributed by atoms with E-state index in [1.807, 2.05) is 6.07 Å². The Morgan fingerprint density at radius 2 is 1.77 bits per heavy atom. The van der Waals surface area contributed by atoms with Gasteiger partial charge in [0.25, 0.3) is 0 Å². The number of imidazole rings is 1. The van der Waals surface area contributed by atoms with Crippen molar-refractivity contribution in [2.75, 3.05) is 0 Å². The minimum absolute atomic E-state index is 0. The molecule has 0 unspecified atom stereocenters. The number of aromatic nitrogens is 4. The van der Waals surface area contributed by atoms with Gasteiger partial charge in [-0.3, -0.25) is 4.40 Å². The molecule has 0 N–H and O–H groups in total. The van der Waals surface area contributed by atoms with Crippen molar-refractivity contribution in [3.8, 4) is 22.5 Å². The van der Waals surface area contributed by atoms with Gasteiger partial charge in [-0.25, -0.2) is 4.98 Å². The molecule has 0 atom stereocenters. The molecular formula is C33H32IrN4O-2. The fourth-order valence-corrected chi connectivity index (χ4v) is 3.84. The Morgan fingerprint density at radius 1 is 0.949 bits per heavy atom. The third-order valence-corrected chi connectivity index (χ3v) is 5.52. The van der Waals surface area contributed by atoms with E-state index in [2.05, 4.69) is 27.1 Å². The van der Waals surface area contributed by atoms with Crippen LogP contribution < -0.4 is 0 Å². The van der Waals surface area contributed by atoms with E-state index in [9.17, 15) is 0 Å². The van der Waals surface area contributed by atoms with Gasteiger partial charge in [-0.05, 0) is 48.0 Å². The molecule has 6 rings (SSSR count). The predicted octanol–water partition coefficient (Wildman–Crippen LogP) is 8.00. The van der Waals surface area contributed by atoms with E-state index in [1.54, 1.807) is 55.9 Å². The number of hydrogen-bond acceptors (Lipinski definition) is 4. The number of fused-ring (bicyclic) bond motifs is 3. The molecule has 6 heteroatoms. The van der Waals surface area contributed by atoms with Gasteiger partial charge in [0.2, 0.25) is 5.71 Å². The zero-order valence-corrected chi connectivity index (χ0v) is 23.9. The number of pyridine rings is 2. The molecule has 2 aromatic carbocycles. The summed E-state index contributed by atoms with van der Waals surface area (Å²) in [5.74, 6) is 0. The van der Waals surface area contributed by atoms with Gasteiger partial charge in [-0.1, -0.05) is 56.9 Å². The molecule has 6 aromatic rings. The van der Waals surface area contributed by atoms with Crippen molar-refractivity contribution in [2.45, 2.75) is 47.7 Å². The molecule has 0 aliphatic rings. The summed E-state index contributed by atoms with van der Waals surface area (Å²) in [6, 6.07) is 18.6. The molecule has 4 heterocycles. The molecule has 39 heavy (non-hydrogen) atoms. The van der Waals surface area contributed by atoms with Crippen molar-refractivity contribution < 1.29 is 39.6 Å². The van der Waals surface area contributed by atoms with Gasteiger partial charge in [-0.15, -0.1) is 53.6 Å². The van der Waals surface area contributed by atoms with E-state index in [0.29, 0.717) is 33.8 Å². The molecule has 5 nitrogen and oxygen atoms in total. The van der Waals surface area contributed by atoms with E-state index >= 15 is 0 Å². The standard InChI is InChI=1S/C20H20N3O.C13H12N.Ir/c1-13-10-22-16(8-14(13)9-20(2,3)4)15-6-5-7-17-19(15)24-18-11-21-12-23(17)18;1-10-3-6-12(7-4-10)13-8-5-11(2)9-14-13;/h5,7-8,10-12H,9H2,1-4H3;3-6,8-9H,1-2H3;/q2*-1;/i1D3,9D2;1D3,2D3;. The van der Waals surface area contributed by atoms with Crippen molar-refractivity contribution in [1.29, 1.82) is 0 Å². The third-order valence-electron chi connectivity index (χ3n) is 5.52. The van der Waals surface area contributed by atoms with Crippen LogP contribution in [0, 0.1) is 38.1 Å². The molecular weight excluding hydrogens is 661 g/mol. The molecule has 0 saturated carbocycles. The summed E-state index contributed by atoms with van der Waals surface area (Å²) in [7, 11) is 0. The fourth-order valence-electron chi connectivity index (χ4n) is 3.84. The summed E-state index contributed by atoms with van der Waals surface area (Å²) in [6.07, 6.45) is 3.87. The molecule has 201 valence electrons. The van der Waals surface area contributed by atoms with Crippen molar-refractivity contribution in [2.24, 2.45) is 5.41 Å². The summed E-state index contributed by atoms with van der Waals surface area (Å²) < 4.78 is 92.2. The molecule has 0 amide bonds. The van der Waals surface area contributed by atoms with Crippen LogP contribution >= 0.6 is 0 Å². The van der Waals surface area contributed by atoms with Gasteiger partial charge < -0.3 is 14.4 Å². The zero-order valence-electron chi connectivity index (χ0n) is 32.5. The maximum absolute atomic E-state index is 8.67. The fraction of sp³-hybridized carbons (Fsp3) is 0.242. The maximum atomic E-state index is 8.67. The first kappa shape index (κ1) is 17.2. The second-order valence-electron chi connectivity index (χ2n) is 9.68. The van der Waals surface area contributed by atoms with Crippen LogP contribution in [0.2, 0.25) is 0 Å². The Kier molecular flexibility index (Phi) is 5.13. The largest absolute Gasteiger partial charge is 0.485 e. The Balaban J connectivity index is 0.000000236. The van der Waals surface area contributed by atoms with Gasteiger partial charge in [-0.2, -0.15) is 0 Å². The molecule has 0 aliphatic heterocycles. The first-order valence-corrected chi connectivity index (χ1v) is 11.8. The maximum Gasteiger partial charge on any atom is 0.213 e. The quantitative estimate of drug-likeness (QED) is 0.175. The van der Waals surface area contributed by atoms with E-state index in [4.69, 9.17) is 19.5 Å². The number of nitrogens with zero attached hydrogens (tertiary/aromatic N) is 4. The first-order chi connectivity index (χ1) is 22.6. The summed E-state index contributed by atoms with van der Waals surface area (Å²) in [5.41, 5.74) is 3.52. The molecule has 1 radical (unpaired) electrons. The summed E-state index contributed by atoms with van der Waals surface area (Å²) in [4.78, 5) is 12.5. The van der Waals surface area contributed by atoms with E-state index < -0.39 is 32.3 Å². The van der Waals surface area contributed by atoms with E-state index in [1.165, 1.54) is 36.7 Å². The van der Waals surface area contributed by atoms with Crippen LogP contribution in [0.4, 0.5) is 0 Å². The second-order valence-corrected chi connectivity index (χ2v) is 9.68. The van der Waals surface area contributed by atoms with Crippen LogP contribution in [0.15, 0.2) is 77.9 Å². The molecule has 0 spiro atoms. The Labute approximate surface area is 259 Å². The van der Waals surface area contributed by atoms with E-state index in [0.717, 1.165) is 5.52 Å². The van der Waals surface area contributed by atoms with Gasteiger partial charge in [0.1, 0.15) is 6.33 Å². The minimum Gasteiger partial charge on any atom is -0.485 e. The van der Waals surface area contributed by atoms with Gasteiger partial charge in [0, 0.05) is 53.1 Å². The molecule has 0 bridgehead atoms. The van der Waals surface area contributed by atoms with Crippen LogP contribution in [0.5, 0.6) is 0 Å². The van der Waals surface area contributed by atoms with Gasteiger partial charge >= 0.3 is 0 Å². The monoisotopic (exact) mass is 704 g/mol. The van der Waals surface area contributed by atoms with Crippen molar-refractivity contribution in [3.63, 3.8) is 0 Å². The first-order valence-electron chi connectivity index (χ1n) is 17.3. The number of rotatable bonds is 3. The average Bonchev–Trinajstić information content (AvgIpc) is 3.61. The second kappa shape index (κ2) is 11.6. The molecule has 0 saturated heterocycles. The van der Waals surface area contributed by atoms with Crippen LogP contribution in [0.1, 0.15) is 58.1 Å². The Bertz CT molecular complexity index is 2040. The SMILES string of the molecule is [2H]C([2H])([2H])c1c[c-]c(-c2ccc(C([2H])([2H])[2H])cn2)cc1.[2H]C([2H])([2H])c1cnc(-c2[c-]ccc3c2oc2cncn23)cc1C([2H])([2H])C(C)(C)C.[Ir]. The van der Waals surface area contributed by atoms with Gasteiger partial charge in [0.05, 0.1) is 11.8 Å². The summed E-state index contributed by atoms with van der Waals surface area (Å²) in [5, 5.41) is 0. The predicted molar refractivity (Wildman–Crippen MR) is 153 cm³/mol. The van der Waals surface area contributed by atoms with Crippen LogP contribution in [-0.4, -0.2) is 19.4 Å².